The molecular weight excluding hydrogens is 188 g/mol. The van der Waals surface area contributed by atoms with E-state index in [4.69, 9.17) is 10.5 Å². The molecule has 2 unspecified atom stereocenters. The number of rotatable bonds is 2. The number of hydrogen-bond donors (Lipinski definition) is 1. The van der Waals surface area contributed by atoms with Crippen molar-refractivity contribution < 1.29 is 4.74 Å². The quantitative estimate of drug-likeness (QED) is 0.760. The Hall–Kier alpha value is -0.730. The van der Waals surface area contributed by atoms with Crippen molar-refractivity contribution >= 4 is 6.02 Å². The second kappa shape index (κ2) is 4.03. The zero-order valence-electron chi connectivity index (χ0n) is 9.83. The summed E-state index contributed by atoms with van der Waals surface area (Å²) in [6.45, 7) is 5.31. The summed E-state index contributed by atoms with van der Waals surface area (Å²) in [4.78, 5) is 4.51. The molecular formula is C12H22N2O. The van der Waals surface area contributed by atoms with Crippen LogP contribution in [0.2, 0.25) is 0 Å². The first-order valence-corrected chi connectivity index (χ1v) is 6.08. The lowest BCUT2D eigenvalue weighted by Crippen LogP contribution is -2.35. The highest BCUT2D eigenvalue weighted by atomic mass is 16.5. The van der Waals surface area contributed by atoms with Crippen molar-refractivity contribution in [3.05, 3.63) is 0 Å². The van der Waals surface area contributed by atoms with Crippen LogP contribution in [0, 0.1) is 11.8 Å². The van der Waals surface area contributed by atoms with E-state index in [-0.39, 0.29) is 5.54 Å². The van der Waals surface area contributed by atoms with Gasteiger partial charge < -0.3 is 10.5 Å². The summed E-state index contributed by atoms with van der Waals surface area (Å²) >= 11 is 0. The monoisotopic (exact) mass is 210 g/mol. The average Bonchev–Trinajstić information content (AvgIpc) is 2.46. The Morgan fingerprint density at radius 3 is 3.00 bits per heavy atom. The fraction of sp³-hybridized carbons (Fsp3) is 0.917. The SMILES string of the molecule is CC(C)CC1CCCC2(COC(N)=N2)C1. The van der Waals surface area contributed by atoms with Crippen molar-refractivity contribution in [1.29, 1.82) is 0 Å². The van der Waals surface area contributed by atoms with Gasteiger partial charge in [-0.25, -0.2) is 4.99 Å². The zero-order valence-corrected chi connectivity index (χ0v) is 9.83. The van der Waals surface area contributed by atoms with Gasteiger partial charge in [0.05, 0.1) is 0 Å². The van der Waals surface area contributed by atoms with E-state index in [0.717, 1.165) is 18.3 Å². The van der Waals surface area contributed by atoms with Crippen molar-refractivity contribution in [3.8, 4) is 0 Å². The zero-order chi connectivity index (χ0) is 10.9. The molecule has 86 valence electrons. The van der Waals surface area contributed by atoms with Gasteiger partial charge in [0.1, 0.15) is 12.1 Å². The molecule has 2 atom stereocenters. The van der Waals surface area contributed by atoms with E-state index in [0.29, 0.717) is 12.6 Å². The fourth-order valence-corrected chi connectivity index (χ4v) is 3.07. The lowest BCUT2D eigenvalue weighted by Gasteiger charge is -2.34. The van der Waals surface area contributed by atoms with E-state index in [1.54, 1.807) is 0 Å². The molecule has 1 aliphatic heterocycles. The van der Waals surface area contributed by atoms with Crippen molar-refractivity contribution in [1.82, 2.24) is 0 Å². The van der Waals surface area contributed by atoms with Crippen LogP contribution in [0.3, 0.4) is 0 Å². The molecule has 15 heavy (non-hydrogen) atoms. The van der Waals surface area contributed by atoms with Crippen molar-refractivity contribution in [2.75, 3.05) is 6.61 Å². The van der Waals surface area contributed by atoms with Gasteiger partial charge in [-0.1, -0.05) is 26.7 Å². The summed E-state index contributed by atoms with van der Waals surface area (Å²) in [5.41, 5.74) is 5.66. The summed E-state index contributed by atoms with van der Waals surface area (Å²) in [6, 6.07) is 0.403. The van der Waals surface area contributed by atoms with E-state index in [1.807, 2.05) is 0 Å². The molecule has 1 saturated carbocycles. The van der Waals surface area contributed by atoms with Gasteiger partial charge in [-0.3, -0.25) is 0 Å². The number of amidine groups is 1. The Kier molecular flexibility index (Phi) is 2.89. The Balaban J connectivity index is 1.98. The van der Waals surface area contributed by atoms with Gasteiger partial charge >= 0.3 is 0 Å². The minimum absolute atomic E-state index is 0.0435. The van der Waals surface area contributed by atoms with Gasteiger partial charge in [0.15, 0.2) is 0 Å². The van der Waals surface area contributed by atoms with Crippen LogP contribution in [0.1, 0.15) is 46.0 Å². The summed E-state index contributed by atoms with van der Waals surface area (Å²) in [7, 11) is 0. The molecule has 0 saturated heterocycles. The molecule has 1 aliphatic carbocycles. The Morgan fingerprint density at radius 2 is 2.40 bits per heavy atom. The van der Waals surface area contributed by atoms with Gasteiger partial charge in [0.2, 0.25) is 0 Å². The van der Waals surface area contributed by atoms with Crippen molar-refractivity contribution in [3.63, 3.8) is 0 Å². The lowest BCUT2D eigenvalue weighted by molar-refractivity contribution is 0.158. The molecule has 0 amide bonds. The predicted molar refractivity (Wildman–Crippen MR) is 61.7 cm³/mol. The molecule has 2 aliphatic rings. The molecule has 2 N–H and O–H groups in total. The average molecular weight is 210 g/mol. The minimum atomic E-state index is 0.0435. The van der Waals surface area contributed by atoms with Crippen LogP contribution < -0.4 is 5.73 Å². The van der Waals surface area contributed by atoms with E-state index in [1.165, 1.54) is 25.7 Å². The van der Waals surface area contributed by atoms with Crippen LogP contribution in [-0.4, -0.2) is 18.2 Å². The number of aliphatic imine (C=N–C) groups is 1. The normalized spacial score (nSPS) is 35.7. The molecule has 0 radical (unpaired) electrons. The van der Waals surface area contributed by atoms with E-state index >= 15 is 0 Å². The Labute approximate surface area is 92.1 Å². The highest BCUT2D eigenvalue weighted by Gasteiger charge is 2.40. The number of hydrogen-bond acceptors (Lipinski definition) is 3. The van der Waals surface area contributed by atoms with Gasteiger partial charge in [-0.2, -0.15) is 0 Å². The smallest absolute Gasteiger partial charge is 0.282 e. The molecule has 0 aromatic rings. The Bertz CT molecular complexity index is 262. The third-order valence-electron chi connectivity index (χ3n) is 3.56. The molecule has 0 bridgehead atoms. The molecule has 1 heterocycles. The van der Waals surface area contributed by atoms with Crippen LogP contribution in [0.4, 0.5) is 0 Å². The first kappa shape index (κ1) is 10.8. The van der Waals surface area contributed by atoms with E-state index < -0.39 is 0 Å². The van der Waals surface area contributed by atoms with Crippen molar-refractivity contribution in [2.45, 2.75) is 51.5 Å². The summed E-state index contributed by atoms with van der Waals surface area (Å²) in [6.07, 6.45) is 6.28. The molecule has 0 aromatic carbocycles. The largest absolute Gasteiger partial charge is 0.463 e. The molecule has 0 aromatic heterocycles. The third-order valence-corrected chi connectivity index (χ3v) is 3.56. The number of ether oxygens (including phenoxy) is 1. The number of nitrogens with zero attached hydrogens (tertiary/aromatic N) is 1. The lowest BCUT2D eigenvalue weighted by atomic mass is 9.74. The molecule has 2 rings (SSSR count). The highest BCUT2D eigenvalue weighted by Crippen LogP contribution is 2.40. The predicted octanol–water partition coefficient (Wildman–Crippen LogP) is 2.31. The highest BCUT2D eigenvalue weighted by molar-refractivity contribution is 5.73. The standard InChI is InChI=1S/C12H22N2O/c1-9(2)6-10-4-3-5-12(7-10)8-15-11(13)14-12/h9-10H,3-8H2,1-2H3,(H2,13,14). The maximum absolute atomic E-state index is 5.61. The molecule has 1 fully saturated rings. The van der Waals surface area contributed by atoms with Crippen LogP contribution >= 0.6 is 0 Å². The van der Waals surface area contributed by atoms with E-state index in [9.17, 15) is 0 Å². The first-order valence-electron chi connectivity index (χ1n) is 6.08. The second-order valence-electron chi connectivity index (χ2n) is 5.55. The van der Waals surface area contributed by atoms with Crippen LogP contribution in [0.15, 0.2) is 4.99 Å². The summed E-state index contributed by atoms with van der Waals surface area (Å²) in [5, 5.41) is 0. The topological polar surface area (TPSA) is 47.6 Å². The van der Waals surface area contributed by atoms with Crippen molar-refractivity contribution in [2.24, 2.45) is 22.6 Å². The number of nitrogens with two attached hydrogens (primary N) is 1. The summed E-state index contributed by atoms with van der Waals surface area (Å²) in [5.74, 6) is 1.60. The minimum Gasteiger partial charge on any atom is -0.463 e. The van der Waals surface area contributed by atoms with Crippen LogP contribution in [0.25, 0.3) is 0 Å². The first-order chi connectivity index (χ1) is 7.10. The molecule has 3 heteroatoms. The Morgan fingerprint density at radius 1 is 1.60 bits per heavy atom. The molecule has 3 nitrogen and oxygen atoms in total. The van der Waals surface area contributed by atoms with Gasteiger partial charge in [0, 0.05) is 0 Å². The van der Waals surface area contributed by atoms with Gasteiger partial charge in [-0.05, 0) is 31.1 Å². The van der Waals surface area contributed by atoms with Gasteiger partial charge in [0.25, 0.3) is 6.02 Å². The maximum atomic E-state index is 5.61. The summed E-state index contributed by atoms with van der Waals surface area (Å²) < 4.78 is 5.33. The third kappa shape index (κ3) is 2.44. The van der Waals surface area contributed by atoms with Gasteiger partial charge in [-0.15, -0.1) is 0 Å². The second-order valence-corrected chi connectivity index (χ2v) is 5.55. The van der Waals surface area contributed by atoms with Crippen LogP contribution in [-0.2, 0) is 4.74 Å². The maximum Gasteiger partial charge on any atom is 0.282 e. The fourth-order valence-electron chi connectivity index (χ4n) is 3.07. The molecule has 1 spiro atoms. The van der Waals surface area contributed by atoms with E-state index in [2.05, 4.69) is 18.8 Å². The van der Waals surface area contributed by atoms with Crippen LogP contribution in [0.5, 0.6) is 0 Å².